The van der Waals surface area contributed by atoms with E-state index in [1.807, 2.05) is 0 Å². The zero-order chi connectivity index (χ0) is 8.32. The summed E-state index contributed by atoms with van der Waals surface area (Å²) in [5, 5.41) is 3.16. The molecule has 4 nitrogen and oxygen atoms in total. The lowest BCUT2D eigenvalue weighted by atomic mass is 10.3. The third-order valence-electron chi connectivity index (χ3n) is 1.61. The molecule has 1 heterocycles. The van der Waals surface area contributed by atoms with Crippen molar-refractivity contribution in [3.05, 3.63) is 0 Å². The standard InChI is InChI=1S/C5H12NO3PS/c7-10(8,9)11-4-5-2-1-3-6-5/h5-6H,1-4H2,(H2,7,8,9)/t5-/m0/s1. The van der Waals surface area contributed by atoms with Gasteiger partial charge in [0, 0.05) is 11.8 Å². The van der Waals surface area contributed by atoms with Crippen LogP contribution in [0.4, 0.5) is 0 Å². The normalized spacial score (nSPS) is 25.8. The summed E-state index contributed by atoms with van der Waals surface area (Å²) in [6.07, 6.45) is 2.15. The lowest BCUT2D eigenvalue weighted by Crippen LogP contribution is -2.23. The van der Waals surface area contributed by atoms with Crippen molar-refractivity contribution >= 4 is 18.2 Å². The molecule has 1 rings (SSSR count). The highest BCUT2D eigenvalue weighted by Gasteiger charge is 2.20. The van der Waals surface area contributed by atoms with Crippen LogP contribution in [0.15, 0.2) is 0 Å². The van der Waals surface area contributed by atoms with Gasteiger partial charge in [-0.3, -0.25) is 0 Å². The van der Waals surface area contributed by atoms with Crippen LogP contribution in [0.25, 0.3) is 0 Å². The molecule has 0 bridgehead atoms. The molecule has 0 aromatic carbocycles. The van der Waals surface area contributed by atoms with E-state index in [0.717, 1.165) is 30.8 Å². The van der Waals surface area contributed by atoms with Crippen molar-refractivity contribution in [1.82, 2.24) is 5.32 Å². The van der Waals surface area contributed by atoms with Gasteiger partial charge < -0.3 is 15.1 Å². The predicted molar refractivity (Wildman–Crippen MR) is 45.5 cm³/mol. The van der Waals surface area contributed by atoms with Gasteiger partial charge in [-0.25, -0.2) is 4.57 Å². The molecule has 0 aromatic heterocycles. The fraction of sp³-hybridized carbons (Fsp3) is 1.00. The Kier molecular flexibility index (Phi) is 3.40. The SMILES string of the molecule is O=P(O)(O)SC[C@@H]1CCCN1. The van der Waals surface area contributed by atoms with Crippen molar-refractivity contribution in [3.63, 3.8) is 0 Å². The maximum Gasteiger partial charge on any atom is 0.384 e. The minimum absolute atomic E-state index is 0.299. The number of rotatable bonds is 3. The van der Waals surface area contributed by atoms with Gasteiger partial charge in [-0.05, 0) is 30.8 Å². The molecule has 1 saturated heterocycles. The van der Waals surface area contributed by atoms with Gasteiger partial charge in [-0.1, -0.05) is 0 Å². The van der Waals surface area contributed by atoms with Crippen molar-refractivity contribution in [3.8, 4) is 0 Å². The Morgan fingerprint density at radius 3 is 2.82 bits per heavy atom. The molecule has 0 aromatic rings. The molecule has 0 spiro atoms. The molecule has 11 heavy (non-hydrogen) atoms. The average Bonchev–Trinajstić information content (AvgIpc) is 2.32. The van der Waals surface area contributed by atoms with E-state index in [1.54, 1.807) is 0 Å². The van der Waals surface area contributed by atoms with Crippen LogP contribution in [0.5, 0.6) is 0 Å². The Morgan fingerprint density at radius 2 is 2.36 bits per heavy atom. The van der Waals surface area contributed by atoms with Gasteiger partial charge >= 0.3 is 6.80 Å². The van der Waals surface area contributed by atoms with E-state index in [9.17, 15) is 4.57 Å². The summed E-state index contributed by atoms with van der Waals surface area (Å²) in [6.45, 7) is -2.86. The second-order valence-electron chi connectivity index (χ2n) is 2.58. The largest absolute Gasteiger partial charge is 0.384 e. The van der Waals surface area contributed by atoms with Crippen molar-refractivity contribution in [2.45, 2.75) is 18.9 Å². The smallest absolute Gasteiger partial charge is 0.317 e. The van der Waals surface area contributed by atoms with E-state index in [2.05, 4.69) is 5.32 Å². The van der Waals surface area contributed by atoms with Gasteiger partial charge in [-0.2, -0.15) is 0 Å². The molecular formula is C5H12NO3PS. The minimum atomic E-state index is -3.84. The van der Waals surface area contributed by atoms with E-state index in [0.29, 0.717) is 11.8 Å². The molecule has 66 valence electrons. The molecule has 1 aliphatic heterocycles. The van der Waals surface area contributed by atoms with Gasteiger partial charge in [0.2, 0.25) is 0 Å². The Morgan fingerprint density at radius 1 is 1.64 bits per heavy atom. The Labute approximate surface area is 69.7 Å². The second kappa shape index (κ2) is 3.92. The predicted octanol–water partition coefficient (Wildman–Crippen LogP) is 0.564. The van der Waals surface area contributed by atoms with Gasteiger partial charge in [-0.15, -0.1) is 0 Å². The van der Waals surface area contributed by atoms with E-state index in [-0.39, 0.29) is 0 Å². The first-order valence-corrected chi connectivity index (χ1v) is 6.72. The lowest BCUT2D eigenvalue weighted by Gasteiger charge is -2.09. The molecule has 0 amide bonds. The van der Waals surface area contributed by atoms with Crippen molar-refractivity contribution in [1.29, 1.82) is 0 Å². The van der Waals surface area contributed by atoms with Crippen LogP contribution >= 0.6 is 18.2 Å². The van der Waals surface area contributed by atoms with E-state index in [4.69, 9.17) is 9.79 Å². The van der Waals surface area contributed by atoms with Gasteiger partial charge in [0.15, 0.2) is 0 Å². The van der Waals surface area contributed by atoms with Gasteiger partial charge in [0.05, 0.1) is 0 Å². The molecule has 6 heteroatoms. The van der Waals surface area contributed by atoms with Crippen molar-refractivity contribution in [2.75, 3.05) is 12.3 Å². The van der Waals surface area contributed by atoms with Crippen LogP contribution in [-0.4, -0.2) is 28.1 Å². The summed E-state index contributed by atoms with van der Waals surface area (Å²) < 4.78 is 10.4. The summed E-state index contributed by atoms with van der Waals surface area (Å²) in [6, 6.07) is 0.299. The number of nitrogens with one attached hydrogen (secondary N) is 1. The zero-order valence-corrected chi connectivity index (χ0v) is 7.77. The average molecular weight is 197 g/mol. The highest BCUT2D eigenvalue weighted by Crippen LogP contribution is 2.50. The van der Waals surface area contributed by atoms with Crippen LogP contribution in [0, 0.1) is 0 Å². The monoisotopic (exact) mass is 197 g/mol. The summed E-state index contributed by atoms with van der Waals surface area (Å²) >= 11 is 0.735. The van der Waals surface area contributed by atoms with Crippen LogP contribution in [0.3, 0.4) is 0 Å². The highest BCUT2D eigenvalue weighted by molar-refractivity contribution is 8.54. The molecule has 1 atom stereocenters. The number of hydrogen-bond donors (Lipinski definition) is 3. The third kappa shape index (κ3) is 4.13. The Hall–Kier alpha value is 0.460. The van der Waals surface area contributed by atoms with E-state index >= 15 is 0 Å². The van der Waals surface area contributed by atoms with Gasteiger partial charge in [0.25, 0.3) is 0 Å². The van der Waals surface area contributed by atoms with Crippen LogP contribution in [0.1, 0.15) is 12.8 Å². The maximum absolute atomic E-state index is 10.4. The first-order valence-electron chi connectivity index (χ1n) is 3.51. The van der Waals surface area contributed by atoms with Crippen molar-refractivity contribution in [2.24, 2.45) is 0 Å². The maximum atomic E-state index is 10.4. The van der Waals surface area contributed by atoms with Crippen LogP contribution in [-0.2, 0) is 4.57 Å². The van der Waals surface area contributed by atoms with Crippen molar-refractivity contribution < 1.29 is 14.4 Å². The van der Waals surface area contributed by atoms with E-state index < -0.39 is 6.80 Å². The zero-order valence-electron chi connectivity index (χ0n) is 6.06. The molecule has 0 saturated carbocycles. The quantitative estimate of drug-likeness (QED) is 0.577. The molecular weight excluding hydrogens is 185 g/mol. The minimum Gasteiger partial charge on any atom is -0.317 e. The summed E-state index contributed by atoms with van der Waals surface area (Å²) in [5.41, 5.74) is 0. The van der Waals surface area contributed by atoms with Crippen LogP contribution in [0.2, 0.25) is 0 Å². The molecule has 0 radical (unpaired) electrons. The Bertz CT molecular complexity index is 165. The topological polar surface area (TPSA) is 69.6 Å². The van der Waals surface area contributed by atoms with Gasteiger partial charge in [0.1, 0.15) is 0 Å². The molecule has 1 fully saturated rings. The fourth-order valence-electron chi connectivity index (χ4n) is 1.09. The molecule has 0 aliphatic carbocycles. The third-order valence-corrected chi connectivity index (χ3v) is 3.95. The van der Waals surface area contributed by atoms with E-state index in [1.165, 1.54) is 0 Å². The molecule has 1 aliphatic rings. The Balaban J connectivity index is 2.16. The number of hydrogen-bond acceptors (Lipinski definition) is 3. The first-order chi connectivity index (χ1) is 5.08. The summed E-state index contributed by atoms with van der Waals surface area (Å²) in [4.78, 5) is 17.0. The molecule has 3 N–H and O–H groups in total. The second-order valence-corrected chi connectivity index (χ2v) is 6.35. The summed E-state index contributed by atoms with van der Waals surface area (Å²) in [7, 11) is 0. The highest BCUT2D eigenvalue weighted by atomic mass is 32.7. The molecule has 0 unspecified atom stereocenters. The first kappa shape index (κ1) is 9.55. The summed E-state index contributed by atoms with van der Waals surface area (Å²) in [5.74, 6) is 0.518. The van der Waals surface area contributed by atoms with Crippen LogP contribution < -0.4 is 5.32 Å². The lowest BCUT2D eigenvalue weighted by molar-refractivity contribution is 0.396. The fourth-order valence-corrected chi connectivity index (χ4v) is 2.87.